The van der Waals surface area contributed by atoms with Crippen molar-refractivity contribution in [2.75, 3.05) is 41.7 Å². The fraction of sp³-hybridized carbons (Fsp3) is 0.190. The Balaban J connectivity index is 1.50. The molecule has 4 rings (SSSR count). The Morgan fingerprint density at radius 2 is 1.52 bits per heavy atom. The molecule has 1 aliphatic rings. The van der Waals surface area contributed by atoms with Crippen LogP contribution in [0, 0.1) is 0 Å². The number of carbonyl (C=O) groups excluding carboxylic acids is 1. The molecule has 6 heteroatoms. The van der Waals surface area contributed by atoms with Gasteiger partial charge in [-0.15, -0.1) is 10.2 Å². The number of hydrogen-bond acceptors (Lipinski definition) is 6. The van der Waals surface area contributed by atoms with E-state index in [2.05, 4.69) is 20.0 Å². The van der Waals surface area contributed by atoms with E-state index < -0.39 is 0 Å². The number of benzene rings is 2. The maximum absolute atomic E-state index is 10.8. The first-order chi connectivity index (χ1) is 13.2. The van der Waals surface area contributed by atoms with Crippen molar-refractivity contribution >= 4 is 23.5 Å². The lowest BCUT2D eigenvalue weighted by molar-refractivity contribution is 0.112. The van der Waals surface area contributed by atoms with Crippen LogP contribution in [0.2, 0.25) is 0 Å². The van der Waals surface area contributed by atoms with E-state index in [-0.39, 0.29) is 0 Å². The van der Waals surface area contributed by atoms with Gasteiger partial charge < -0.3 is 15.5 Å². The molecular formula is C21H21N5O. The van der Waals surface area contributed by atoms with Gasteiger partial charge in [-0.05, 0) is 30.3 Å². The summed E-state index contributed by atoms with van der Waals surface area (Å²) in [6.07, 6.45) is 0.866. The maximum atomic E-state index is 10.8. The summed E-state index contributed by atoms with van der Waals surface area (Å²) in [7, 11) is 0. The quantitative estimate of drug-likeness (QED) is 0.722. The molecule has 0 bridgehead atoms. The molecule has 136 valence electrons. The number of nitrogens with zero attached hydrogens (tertiary/aromatic N) is 4. The molecule has 0 radical (unpaired) electrons. The van der Waals surface area contributed by atoms with Crippen LogP contribution in [0.3, 0.4) is 0 Å². The number of hydrogen-bond donors (Lipinski definition) is 1. The van der Waals surface area contributed by atoms with Gasteiger partial charge in [-0.2, -0.15) is 0 Å². The minimum atomic E-state index is 0.457. The minimum absolute atomic E-state index is 0.457. The van der Waals surface area contributed by atoms with Gasteiger partial charge >= 0.3 is 0 Å². The smallest absolute Gasteiger partial charge is 0.169 e. The van der Waals surface area contributed by atoms with E-state index in [1.807, 2.05) is 60.7 Å². The second-order valence-electron chi connectivity index (χ2n) is 6.55. The second-order valence-corrected chi connectivity index (χ2v) is 6.55. The molecule has 0 atom stereocenters. The summed E-state index contributed by atoms with van der Waals surface area (Å²) in [6, 6.07) is 19.7. The first-order valence-electron chi connectivity index (χ1n) is 8.98. The fourth-order valence-corrected chi connectivity index (χ4v) is 3.36. The van der Waals surface area contributed by atoms with E-state index in [0.717, 1.165) is 55.1 Å². The largest absolute Gasteiger partial charge is 0.380 e. The van der Waals surface area contributed by atoms with Gasteiger partial charge in [0.15, 0.2) is 5.82 Å². The zero-order valence-electron chi connectivity index (χ0n) is 15.0. The summed E-state index contributed by atoms with van der Waals surface area (Å²) >= 11 is 0. The lowest BCUT2D eigenvalue weighted by Gasteiger charge is -2.37. The first kappa shape index (κ1) is 17.0. The van der Waals surface area contributed by atoms with Crippen molar-refractivity contribution in [3.63, 3.8) is 0 Å². The molecule has 27 heavy (non-hydrogen) atoms. The lowest BCUT2D eigenvalue weighted by Crippen LogP contribution is -2.46. The van der Waals surface area contributed by atoms with E-state index in [1.165, 1.54) is 0 Å². The first-order valence-corrected chi connectivity index (χ1v) is 8.98. The van der Waals surface area contributed by atoms with E-state index in [4.69, 9.17) is 5.73 Å². The van der Waals surface area contributed by atoms with Crippen LogP contribution in [0.5, 0.6) is 0 Å². The summed E-state index contributed by atoms with van der Waals surface area (Å²) in [6.45, 7) is 3.45. The average molecular weight is 359 g/mol. The zero-order chi connectivity index (χ0) is 18.6. The van der Waals surface area contributed by atoms with Crippen LogP contribution in [-0.4, -0.2) is 42.7 Å². The van der Waals surface area contributed by atoms with Crippen molar-refractivity contribution in [2.24, 2.45) is 0 Å². The molecule has 6 nitrogen and oxygen atoms in total. The number of piperazine rings is 1. The molecule has 3 aromatic rings. The van der Waals surface area contributed by atoms with Gasteiger partial charge in [-0.25, -0.2) is 0 Å². The molecule has 0 aliphatic carbocycles. The van der Waals surface area contributed by atoms with Crippen LogP contribution < -0.4 is 15.5 Å². The van der Waals surface area contributed by atoms with E-state index in [9.17, 15) is 4.79 Å². The Kier molecular flexibility index (Phi) is 4.70. The van der Waals surface area contributed by atoms with Crippen LogP contribution in [0.25, 0.3) is 11.3 Å². The molecule has 1 aromatic heterocycles. The molecule has 2 N–H and O–H groups in total. The molecule has 1 saturated heterocycles. The number of carbonyl (C=O) groups is 1. The second kappa shape index (κ2) is 7.45. The molecule has 1 aliphatic heterocycles. The number of rotatable bonds is 4. The summed E-state index contributed by atoms with van der Waals surface area (Å²) in [5.74, 6) is 0.457. The standard InChI is InChI=1S/C21H21N5O/c22-21-20(14-19(23-24-21)17-4-2-1-3-5-17)26-12-10-25(11-13-26)18-8-6-16(15-27)7-9-18/h1-9,14-15H,10-13H2,(H2,22,24). The van der Waals surface area contributed by atoms with Crippen LogP contribution in [0.4, 0.5) is 17.2 Å². The Morgan fingerprint density at radius 1 is 0.852 bits per heavy atom. The molecule has 1 fully saturated rings. The Morgan fingerprint density at radius 3 is 2.19 bits per heavy atom. The van der Waals surface area contributed by atoms with E-state index in [0.29, 0.717) is 11.4 Å². The molecule has 2 aromatic carbocycles. The topological polar surface area (TPSA) is 75.3 Å². The van der Waals surface area contributed by atoms with Gasteiger partial charge in [0.2, 0.25) is 0 Å². The molecular weight excluding hydrogens is 338 g/mol. The van der Waals surface area contributed by atoms with Gasteiger partial charge in [0, 0.05) is 43.0 Å². The van der Waals surface area contributed by atoms with Crippen LogP contribution >= 0.6 is 0 Å². The van der Waals surface area contributed by atoms with E-state index in [1.54, 1.807) is 0 Å². The van der Waals surface area contributed by atoms with Gasteiger partial charge in [0.05, 0.1) is 11.4 Å². The van der Waals surface area contributed by atoms with Gasteiger partial charge in [0.25, 0.3) is 0 Å². The van der Waals surface area contributed by atoms with Crippen LogP contribution in [-0.2, 0) is 0 Å². The lowest BCUT2D eigenvalue weighted by atomic mass is 10.1. The van der Waals surface area contributed by atoms with Crippen molar-refractivity contribution in [2.45, 2.75) is 0 Å². The summed E-state index contributed by atoms with van der Waals surface area (Å²) in [5.41, 5.74) is 10.7. The summed E-state index contributed by atoms with van der Waals surface area (Å²) in [4.78, 5) is 15.4. The van der Waals surface area contributed by atoms with Crippen molar-refractivity contribution < 1.29 is 4.79 Å². The summed E-state index contributed by atoms with van der Waals surface area (Å²) in [5, 5.41) is 8.41. The Labute approximate surface area is 158 Å². The molecule has 0 amide bonds. The Bertz CT molecular complexity index is 919. The third-order valence-electron chi connectivity index (χ3n) is 4.89. The van der Waals surface area contributed by atoms with Gasteiger partial charge in [0.1, 0.15) is 6.29 Å². The van der Waals surface area contributed by atoms with Crippen molar-refractivity contribution in [3.05, 3.63) is 66.2 Å². The highest BCUT2D eigenvalue weighted by atomic mass is 16.1. The summed E-state index contributed by atoms with van der Waals surface area (Å²) < 4.78 is 0. The van der Waals surface area contributed by atoms with Gasteiger partial charge in [-0.1, -0.05) is 30.3 Å². The Hall–Kier alpha value is -3.41. The SMILES string of the molecule is Nc1nnc(-c2ccccc2)cc1N1CCN(c2ccc(C=O)cc2)CC1. The maximum Gasteiger partial charge on any atom is 0.169 e. The number of aldehydes is 1. The minimum Gasteiger partial charge on any atom is -0.380 e. The highest BCUT2D eigenvalue weighted by molar-refractivity contribution is 5.76. The van der Waals surface area contributed by atoms with Crippen LogP contribution in [0.1, 0.15) is 10.4 Å². The monoisotopic (exact) mass is 359 g/mol. The zero-order valence-corrected chi connectivity index (χ0v) is 15.0. The van der Waals surface area contributed by atoms with Crippen molar-refractivity contribution in [1.82, 2.24) is 10.2 Å². The molecule has 0 unspecified atom stereocenters. The van der Waals surface area contributed by atoms with Crippen molar-refractivity contribution in [1.29, 1.82) is 0 Å². The predicted octanol–water partition coefficient (Wildman–Crippen LogP) is 2.86. The predicted molar refractivity (Wildman–Crippen MR) is 108 cm³/mol. The number of anilines is 3. The third-order valence-corrected chi connectivity index (χ3v) is 4.89. The molecule has 0 spiro atoms. The highest BCUT2D eigenvalue weighted by Crippen LogP contribution is 2.28. The third kappa shape index (κ3) is 3.60. The van der Waals surface area contributed by atoms with Crippen LogP contribution in [0.15, 0.2) is 60.7 Å². The van der Waals surface area contributed by atoms with Gasteiger partial charge in [-0.3, -0.25) is 4.79 Å². The molecule has 0 saturated carbocycles. The fourth-order valence-electron chi connectivity index (χ4n) is 3.36. The van der Waals surface area contributed by atoms with Crippen molar-refractivity contribution in [3.8, 4) is 11.3 Å². The highest BCUT2D eigenvalue weighted by Gasteiger charge is 2.20. The number of nitrogen functional groups attached to an aromatic ring is 1. The van der Waals surface area contributed by atoms with E-state index >= 15 is 0 Å². The molecule has 2 heterocycles. The average Bonchev–Trinajstić information content (AvgIpc) is 2.75. The number of aromatic nitrogens is 2. The normalized spacial score (nSPS) is 14.2. The number of nitrogens with two attached hydrogens (primary N) is 1.